The van der Waals surface area contributed by atoms with Crippen molar-refractivity contribution in [2.45, 2.75) is 19.2 Å². The van der Waals surface area contributed by atoms with Crippen molar-refractivity contribution in [1.29, 1.82) is 0 Å². The normalized spacial score (nSPS) is 19.8. The van der Waals surface area contributed by atoms with Gasteiger partial charge in [-0.15, -0.1) is 0 Å². The predicted octanol–water partition coefficient (Wildman–Crippen LogP) is 2.42. The predicted molar refractivity (Wildman–Crippen MR) is 50.2 cm³/mol. The standard InChI is InChI=1S/C10H8F3NO2/c1-5-9(15)14-8-6(10(11,12)13)3-2-4-7(8)16-5/h2-5H,1H3,(H,14,15). The van der Waals surface area contributed by atoms with Gasteiger partial charge in [-0.3, -0.25) is 4.79 Å². The van der Waals surface area contributed by atoms with Crippen LogP contribution < -0.4 is 10.1 Å². The van der Waals surface area contributed by atoms with Crippen LogP contribution in [0, 0.1) is 0 Å². The zero-order valence-electron chi connectivity index (χ0n) is 8.26. The molecule has 0 spiro atoms. The van der Waals surface area contributed by atoms with E-state index < -0.39 is 23.8 Å². The molecule has 16 heavy (non-hydrogen) atoms. The Labute approximate surface area is 89.2 Å². The molecule has 3 nitrogen and oxygen atoms in total. The lowest BCUT2D eigenvalue weighted by Gasteiger charge is -2.25. The Hall–Kier alpha value is -1.72. The SMILES string of the molecule is CC1Oc2cccc(C(F)(F)F)c2NC1=O. The molecule has 0 bridgehead atoms. The molecule has 0 aromatic heterocycles. The van der Waals surface area contributed by atoms with E-state index in [1.54, 1.807) is 0 Å². The van der Waals surface area contributed by atoms with Crippen molar-refractivity contribution in [1.82, 2.24) is 0 Å². The fourth-order valence-corrected chi connectivity index (χ4v) is 1.46. The Balaban J connectivity index is 2.53. The average Bonchev–Trinajstić information content (AvgIpc) is 2.17. The zero-order chi connectivity index (χ0) is 11.9. The third kappa shape index (κ3) is 1.70. The minimum Gasteiger partial charge on any atom is -0.479 e. The molecule has 6 heteroatoms. The molecule has 0 aliphatic carbocycles. The maximum atomic E-state index is 12.6. The number of halogens is 3. The highest BCUT2D eigenvalue weighted by Gasteiger charge is 2.37. The fourth-order valence-electron chi connectivity index (χ4n) is 1.46. The maximum absolute atomic E-state index is 12.6. The molecule has 1 amide bonds. The van der Waals surface area contributed by atoms with Crippen LogP contribution in [0.1, 0.15) is 12.5 Å². The van der Waals surface area contributed by atoms with E-state index in [2.05, 4.69) is 5.32 Å². The Morgan fingerprint density at radius 2 is 2.06 bits per heavy atom. The summed E-state index contributed by atoms with van der Waals surface area (Å²) in [4.78, 5) is 11.2. The molecule has 1 aliphatic rings. The van der Waals surface area contributed by atoms with Crippen LogP contribution in [-0.2, 0) is 11.0 Å². The van der Waals surface area contributed by atoms with Crippen molar-refractivity contribution in [2.75, 3.05) is 5.32 Å². The smallest absolute Gasteiger partial charge is 0.418 e. The van der Waals surface area contributed by atoms with Crippen molar-refractivity contribution < 1.29 is 22.7 Å². The summed E-state index contributed by atoms with van der Waals surface area (Å²) >= 11 is 0. The number of fused-ring (bicyclic) bond motifs is 1. The summed E-state index contributed by atoms with van der Waals surface area (Å²) in [6.45, 7) is 1.47. The van der Waals surface area contributed by atoms with Crippen molar-refractivity contribution in [3.05, 3.63) is 23.8 Å². The highest BCUT2D eigenvalue weighted by Crippen LogP contribution is 2.41. The number of carbonyl (C=O) groups excluding carboxylic acids is 1. The lowest BCUT2D eigenvalue weighted by Crippen LogP contribution is -2.35. The number of ether oxygens (including phenoxy) is 1. The first-order valence-corrected chi connectivity index (χ1v) is 4.57. The van der Waals surface area contributed by atoms with Gasteiger partial charge in [0, 0.05) is 0 Å². The highest BCUT2D eigenvalue weighted by molar-refractivity contribution is 5.98. The van der Waals surface area contributed by atoms with Crippen molar-refractivity contribution >= 4 is 11.6 Å². The van der Waals surface area contributed by atoms with E-state index in [4.69, 9.17) is 4.74 Å². The van der Waals surface area contributed by atoms with Crippen LogP contribution in [0.2, 0.25) is 0 Å². The summed E-state index contributed by atoms with van der Waals surface area (Å²) in [6, 6.07) is 3.53. The molecule has 0 saturated heterocycles. The monoisotopic (exact) mass is 231 g/mol. The molecule has 86 valence electrons. The van der Waals surface area contributed by atoms with Crippen LogP contribution in [0.3, 0.4) is 0 Å². The molecule has 0 fully saturated rings. The largest absolute Gasteiger partial charge is 0.479 e. The maximum Gasteiger partial charge on any atom is 0.418 e. The number of benzene rings is 1. The van der Waals surface area contributed by atoms with Crippen LogP contribution in [-0.4, -0.2) is 12.0 Å². The van der Waals surface area contributed by atoms with E-state index in [0.29, 0.717) is 0 Å². The Morgan fingerprint density at radius 1 is 1.38 bits per heavy atom. The summed E-state index contributed by atoms with van der Waals surface area (Å²) in [5.41, 5.74) is -1.21. The minimum atomic E-state index is -4.51. The van der Waals surface area contributed by atoms with E-state index >= 15 is 0 Å². The number of para-hydroxylation sites is 1. The van der Waals surface area contributed by atoms with Crippen LogP contribution in [0.5, 0.6) is 5.75 Å². The number of alkyl halides is 3. The van der Waals surface area contributed by atoms with Gasteiger partial charge in [-0.1, -0.05) is 6.07 Å². The second kappa shape index (κ2) is 3.40. The van der Waals surface area contributed by atoms with Gasteiger partial charge in [-0.2, -0.15) is 13.2 Å². The second-order valence-electron chi connectivity index (χ2n) is 3.43. The van der Waals surface area contributed by atoms with Crippen molar-refractivity contribution in [2.24, 2.45) is 0 Å². The van der Waals surface area contributed by atoms with E-state index in [-0.39, 0.29) is 11.4 Å². The molecular formula is C10H8F3NO2. The highest BCUT2D eigenvalue weighted by atomic mass is 19.4. The molecule has 1 aliphatic heterocycles. The summed E-state index contributed by atoms with van der Waals surface area (Å²) in [7, 11) is 0. The summed E-state index contributed by atoms with van der Waals surface area (Å²) in [5, 5.41) is 2.20. The van der Waals surface area contributed by atoms with Crippen LogP contribution in [0.15, 0.2) is 18.2 Å². The number of amides is 1. The van der Waals surface area contributed by atoms with Gasteiger partial charge in [0.15, 0.2) is 6.10 Å². The van der Waals surface area contributed by atoms with E-state index in [9.17, 15) is 18.0 Å². The number of hydrogen-bond acceptors (Lipinski definition) is 2. The van der Waals surface area contributed by atoms with Gasteiger partial charge < -0.3 is 10.1 Å². The first-order valence-electron chi connectivity index (χ1n) is 4.57. The fraction of sp³-hybridized carbons (Fsp3) is 0.300. The first kappa shape index (κ1) is 10.8. The lowest BCUT2D eigenvalue weighted by atomic mass is 10.1. The third-order valence-corrected chi connectivity index (χ3v) is 2.25. The van der Waals surface area contributed by atoms with Gasteiger partial charge >= 0.3 is 6.18 Å². The number of anilines is 1. The third-order valence-electron chi connectivity index (χ3n) is 2.25. The topological polar surface area (TPSA) is 38.3 Å². The van der Waals surface area contributed by atoms with Crippen molar-refractivity contribution in [3.8, 4) is 5.75 Å². The van der Waals surface area contributed by atoms with Gasteiger partial charge in [0.05, 0.1) is 11.3 Å². The van der Waals surface area contributed by atoms with Gasteiger partial charge in [-0.05, 0) is 19.1 Å². The van der Waals surface area contributed by atoms with Crippen molar-refractivity contribution in [3.63, 3.8) is 0 Å². The molecule has 1 atom stereocenters. The van der Waals surface area contributed by atoms with Crippen LogP contribution in [0.4, 0.5) is 18.9 Å². The molecule has 1 aromatic rings. The number of hydrogen-bond donors (Lipinski definition) is 1. The summed E-state index contributed by atoms with van der Waals surface area (Å²) in [6.07, 6.45) is -5.29. The molecule has 1 aromatic carbocycles. The minimum absolute atomic E-state index is 0.0434. The number of nitrogens with one attached hydrogen (secondary N) is 1. The first-order chi connectivity index (χ1) is 7.39. The lowest BCUT2D eigenvalue weighted by molar-refractivity contribution is -0.137. The van der Waals surface area contributed by atoms with E-state index in [0.717, 1.165) is 6.07 Å². The zero-order valence-corrected chi connectivity index (χ0v) is 8.26. The quantitative estimate of drug-likeness (QED) is 0.744. The molecule has 1 N–H and O–H groups in total. The van der Waals surface area contributed by atoms with Crippen LogP contribution >= 0.6 is 0 Å². The molecule has 1 heterocycles. The molecule has 0 radical (unpaired) electrons. The average molecular weight is 231 g/mol. The van der Waals surface area contributed by atoms with Gasteiger partial charge in [0.25, 0.3) is 5.91 Å². The van der Waals surface area contributed by atoms with Gasteiger partial charge in [0.1, 0.15) is 5.75 Å². The number of rotatable bonds is 0. The molecule has 2 rings (SSSR count). The number of carbonyl (C=O) groups is 1. The summed E-state index contributed by atoms with van der Waals surface area (Å²) < 4.78 is 42.8. The van der Waals surface area contributed by atoms with E-state index in [1.165, 1.54) is 19.1 Å². The molecule has 1 unspecified atom stereocenters. The Morgan fingerprint density at radius 3 is 2.69 bits per heavy atom. The van der Waals surface area contributed by atoms with Crippen LogP contribution in [0.25, 0.3) is 0 Å². The molecular weight excluding hydrogens is 223 g/mol. The van der Waals surface area contributed by atoms with E-state index in [1.807, 2.05) is 0 Å². The second-order valence-corrected chi connectivity index (χ2v) is 3.43. The molecule has 0 saturated carbocycles. The Bertz CT molecular complexity index is 442. The van der Waals surface area contributed by atoms with Gasteiger partial charge in [-0.25, -0.2) is 0 Å². The van der Waals surface area contributed by atoms with Gasteiger partial charge in [0.2, 0.25) is 0 Å². The summed E-state index contributed by atoms with van der Waals surface area (Å²) in [5.74, 6) is -0.536. The Kier molecular flexibility index (Phi) is 2.29.